The van der Waals surface area contributed by atoms with Gasteiger partial charge in [0.25, 0.3) is 0 Å². The van der Waals surface area contributed by atoms with Crippen molar-refractivity contribution in [3.8, 4) is 0 Å². The van der Waals surface area contributed by atoms with Crippen LogP contribution >= 0.6 is 0 Å². The van der Waals surface area contributed by atoms with E-state index in [0.29, 0.717) is 6.04 Å². The molecule has 98 valence electrons. The summed E-state index contributed by atoms with van der Waals surface area (Å²) in [6.07, 6.45) is 3.84. The van der Waals surface area contributed by atoms with Gasteiger partial charge in [-0.2, -0.15) is 0 Å². The molecule has 0 aromatic heterocycles. The largest absolute Gasteiger partial charge is 0.355 e. The zero-order chi connectivity index (χ0) is 12.3. The van der Waals surface area contributed by atoms with E-state index < -0.39 is 0 Å². The molecule has 0 radical (unpaired) electrons. The van der Waals surface area contributed by atoms with Crippen LogP contribution in [-0.2, 0) is 4.79 Å². The first-order chi connectivity index (χ1) is 8.22. The number of carbonyl (C=O) groups is 1. The summed E-state index contributed by atoms with van der Waals surface area (Å²) in [5.41, 5.74) is 0. The fraction of sp³-hybridized carbons (Fsp3) is 0.923. The van der Waals surface area contributed by atoms with Crippen molar-refractivity contribution in [2.45, 2.75) is 45.2 Å². The summed E-state index contributed by atoms with van der Waals surface area (Å²) in [6, 6.07) is 0.665. The van der Waals surface area contributed by atoms with Crippen molar-refractivity contribution in [2.24, 2.45) is 5.92 Å². The summed E-state index contributed by atoms with van der Waals surface area (Å²) in [6.45, 7) is 7.86. The van der Waals surface area contributed by atoms with Gasteiger partial charge in [-0.25, -0.2) is 0 Å². The Hall–Kier alpha value is -0.610. The number of hydrogen-bond donors (Lipinski definition) is 2. The molecule has 1 heterocycles. The van der Waals surface area contributed by atoms with Crippen LogP contribution in [0.4, 0.5) is 0 Å². The van der Waals surface area contributed by atoms with Crippen LogP contribution in [0.1, 0.15) is 33.1 Å². The lowest BCUT2D eigenvalue weighted by Crippen LogP contribution is -2.60. The van der Waals surface area contributed by atoms with Gasteiger partial charge in [0, 0.05) is 32.2 Å². The highest BCUT2D eigenvalue weighted by Crippen LogP contribution is 2.30. The first-order valence-electron chi connectivity index (χ1n) is 6.96. The van der Waals surface area contributed by atoms with Gasteiger partial charge in [0.05, 0.1) is 0 Å². The highest BCUT2D eigenvalue weighted by Gasteiger charge is 2.35. The molecule has 1 aliphatic heterocycles. The van der Waals surface area contributed by atoms with Crippen molar-refractivity contribution in [3.63, 3.8) is 0 Å². The topological polar surface area (TPSA) is 44.4 Å². The van der Waals surface area contributed by atoms with Gasteiger partial charge in [-0.05, 0) is 32.1 Å². The first-order valence-corrected chi connectivity index (χ1v) is 6.96. The molecular formula is C13H25N3O. The molecule has 0 aromatic rings. The Labute approximate surface area is 104 Å². The van der Waals surface area contributed by atoms with E-state index in [-0.39, 0.29) is 11.9 Å². The van der Waals surface area contributed by atoms with Gasteiger partial charge in [-0.15, -0.1) is 0 Å². The second kappa shape index (κ2) is 5.83. The standard InChI is InChI=1S/C13H25N3O/c1-3-15-13(17)12-9-14-6-7-16(12)11-5-4-10(2)8-11/h10-12,14H,3-9H2,1-2H3,(H,15,17). The summed E-state index contributed by atoms with van der Waals surface area (Å²) in [7, 11) is 0. The zero-order valence-electron chi connectivity index (χ0n) is 11.0. The number of hydrogen-bond acceptors (Lipinski definition) is 3. The van der Waals surface area contributed by atoms with E-state index in [1.165, 1.54) is 19.3 Å². The van der Waals surface area contributed by atoms with Crippen molar-refractivity contribution in [1.29, 1.82) is 0 Å². The second-order valence-electron chi connectivity index (χ2n) is 5.42. The summed E-state index contributed by atoms with van der Waals surface area (Å²) < 4.78 is 0. The quantitative estimate of drug-likeness (QED) is 0.757. The lowest BCUT2D eigenvalue weighted by molar-refractivity contribution is -0.128. The molecule has 0 spiro atoms. The molecule has 2 N–H and O–H groups in total. The molecule has 2 aliphatic rings. The molecule has 17 heavy (non-hydrogen) atoms. The lowest BCUT2D eigenvalue weighted by Gasteiger charge is -2.39. The average Bonchev–Trinajstić information content (AvgIpc) is 2.76. The number of amides is 1. The lowest BCUT2D eigenvalue weighted by atomic mass is 10.1. The summed E-state index contributed by atoms with van der Waals surface area (Å²) >= 11 is 0. The van der Waals surface area contributed by atoms with E-state index in [1.54, 1.807) is 0 Å². The Balaban J connectivity index is 1.99. The third-order valence-corrected chi connectivity index (χ3v) is 4.07. The maximum Gasteiger partial charge on any atom is 0.238 e. The Morgan fingerprint density at radius 1 is 1.47 bits per heavy atom. The van der Waals surface area contributed by atoms with Crippen LogP contribution in [0.2, 0.25) is 0 Å². The molecule has 3 atom stereocenters. The number of nitrogens with one attached hydrogen (secondary N) is 2. The summed E-state index contributed by atoms with van der Waals surface area (Å²) in [5.74, 6) is 1.02. The van der Waals surface area contributed by atoms with Crippen LogP contribution in [0.5, 0.6) is 0 Å². The molecule has 4 nitrogen and oxygen atoms in total. The third-order valence-electron chi connectivity index (χ3n) is 4.07. The van der Waals surface area contributed by atoms with Crippen molar-refractivity contribution < 1.29 is 4.79 Å². The van der Waals surface area contributed by atoms with Crippen LogP contribution in [0.15, 0.2) is 0 Å². The van der Waals surface area contributed by atoms with E-state index in [2.05, 4.69) is 22.5 Å². The van der Waals surface area contributed by atoms with Crippen molar-refractivity contribution in [1.82, 2.24) is 15.5 Å². The maximum atomic E-state index is 12.1. The normalized spacial score (nSPS) is 34.8. The van der Waals surface area contributed by atoms with Crippen LogP contribution in [0, 0.1) is 5.92 Å². The van der Waals surface area contributed by atoms with Crippen LogP contribution in [0.3, 0.4) is 0 Å². The average molecular weight is 239 g/mol. The van der Waals surface area contributed by atoms with Crippen molar-refractivity contribution in [2.75, 3.05) is 26.2 Å². The predicted molar refractivity (Wildman–Crippen MR) is 68.9 cm³/mol. The predicted octanol–water partition coefficient (Wildman–Crippen LogP) is 0.585. The van der Waals surface area contributed by atoms with Crippen molar-refractivity contribution >= 4 is 5.91 Å². The van der Waals surface area contributed by atoms with E-state index in [4.69, 9.17) is 0 Å². The fourth-order valence-electron chi connectivity index (χ4n) is 3.17. The fourth-order valence-corrected chi connectivity index (χ4v) is 3.17. The smallest absolute Gasteiger partial charge is 0.238 e. The van der Waals surface area contributed by atoms with Gasteiger partial charge in [-0.1, -0.05) is 6.92 Å². The zero-order valence-corrected chi connectivity index (χ0v) is 11.0. The Kier molecular flexibility index (Phi) is 4.40. The molecular weight excluding hydrogens is 214 g/mol. The Morgan fingerprint density at radius 3 is 2.94 bits per heavy atom. The minimum atomic E-state index is 0.0407. The molecule has 2 rings (SSSR count). The van der Waals surface area contributed by atoms with Gasteiger partial charge < -0.3 is 10.6 Å². The molecule has 2 fully saturated rings. The van der Waals surface area contributed by atoms with Crippen LogP contribution in [-0.4, -0.2) is 49.1 Å². The SMILES string of the molecule is CCNC(=O)C1CNCCN1C1CCC(C)C1. The van der Waals surface area contributed by atoms with E-state index in [9.17, 15) is 4.79 Å². The molecule has 1 aliphatic carbocycles. The molecule has 0 aromatic carbocycles. The van der Waals surface area contributed by atoms with Gasteiger partial charge in [0.1, 0.15) is 6.04 Å². The van der Waals surface area contributed by atoms with Gasteiger partial charge in [0.2, 0.25) is 5.91 Å². The van der Waals surface area contributed by atoms with Gasteiger partial charge in [0.15, 0.2) is 0 Å². The van der Waals surface area contributed by atoms with Gasteiger partial charge in [-0.3, -0.25) is 9.69 Å². The Morgan fingerprint density at radius 2 is 2.29 bits per heavy atom. The number of likely N-dealkylation sites (N-methyl/N-ethyl adjacent to an activating group) is 1. The molecule has 1 saturated heterocycles. The highest BCUT2D eigenvalue weighted by molar-refractivity contribution is 5.82. The Bertz CT molecular complexity index is 269. The third kappa shape index (κ3) is 2.99. The maximum absolute atomic E-state index is 12.1. The minimum Gasteiger partial charge on any atom is -0.355 e. The van der Waals surface area contributed by atoms with Gasteiger partial charge >= 0.3 is 0 Å². The molecule has 0 bridgehead atoms. The number of piperazine rings is 1. The monoisotopic (exact) mass is 239 g/mol. The molecule has 4 heteroatoms. The van der Waals surface area contributed by atoms with E-state index >= 15 is 0 Å². The van der Waals surface area contributed by atoms with E-state index in [1.807, 2.05) is 6.92 Å². The van der Waals surface area contributed by atoms with Crippen molar-refractivity contribution in [3.05, 3.63) is 0 Å². The summed E-state index contributed by atoms with van der Waals surface area (Å²) in [5, 5.41) is 6.30. The molecule has 1 amide bonds. The number of carbonyl (C=O) groups excluding carboxylic acids is 1. The summed E-state index contributed by atoms with van der Waals surface area (Å²) in [4.78, 5) is 14.5. The van der Waals surface area contributed by atoms with Crippen LogP contribution in [0.25, 0.3) is 0 Å². The number of rotatable bonds is 3. The molecule has 1 saturated carbocycles. The molecule has 3 unspecified atom stereocenters. The van der Waals surface area contributed by atoms with Crippen LogP contribution < -0.4 is 10.6 Å². The second-order valence-corrected chi connectivity index (χ2v) is 5.42. The minimum absolute atomic E-state index is 0.0407. The highest BCUT2D eigenvalue weighted by atomic mass is 16.2. The number of nitrogens with zero attached hydrogens (tertiary/aromatic N) is 1. The van der Waals surface area contributed by atoms with E-state index in [0.717, 1.165) is 32.1 Å². The first kappa shape index (κ1) is 12.8.